The number of nitrogens with one attached hydrogen (secondary N) is 1. The summed E-state index contributed by atoms with van der Waals surface area (Å²) >= 11 is 0. The van der Waals surface area contributed by atoms with Gasteiger partial charge >= 0.3 is 0 Å². The van der Waals surface area contributed by atoms with Crippen LogP contribution in [0.15, 0.2) is 53.7 Å². The number of hydrogen-bond donors (Lipinski definition) is 1. The number of aromatic nitrogens is 5. The molecule has 0 amide bonds. The van der Waals surface area contributed by atoms with Gasteiger partial charge in [0.05, 0.1) is 24.3 Å². The van der Waals surface area contributed by atoms with Gasteiger partial charge in [0.25, 0.3) is 5.56 Å². The third-order valence-electron chi connectivity index (χ3n) is 5.72. The largest absolute Gasteiger partial charge is 0.313 e. The van der Waals surface area contributed by atoms with Crippen LogP contribution in [-0.4, -0.2) is 25.0 Å². The Morgan fingerprint density at radius 2 is 1.67 bits per heavy atom. The normalized spacial score (nSPS) is 14.5. The van der Waals surface area contributed by atoms with Crippen LogP contribution in [-0.2, 0) is 13.0 Å². The molecule has 30 heavy (non-hydrogen) atoms. The molecule has 0 aliphatic carbocycles. The summed E-state index contributed by atoms with van der Waals surface area (Å²) in [7, 11) is 0. The van der Waals surface area contributed by atoms with Crippen LogP contribution in [0.3, 0.4) is 0 Å². The molecule has 0 aliphatic rings. The Balaban J connectivity index is 1.83. The molecule has 160 valence electrons. The molecule has 1 N–H and O–H groups in total. The number of H-pyrrole nitrogens is 1. The van der Waals surface area contributed by atoms with Gasteiger partial charge in [0, 0.05) is 24.6 Å². The maximum absolute atomic E-state index is 11.8. The van der Waals surface area contributed by atoms with Crippen LogP contribution < -0.4 is 5.56 Å². The summed E-state index contributed by atoms with van der Waals surface area (Å²) in [5.41, 5.74) is 2.97. The van der Waals surface area contributed by atoms with E-state index < -0.39 is 0 Å². The average Bonchev–Trinajstić information content (AvgIpc) is 3.10. The van der Waals surface area contributed by atoms with E-state index in [1.54, 1.807) is 6.07 Å². The van der Waals surface area contributed by atoms with Crippen LogP contribution in [0.4, 0.5) is 0 Å². The zero-order chi connectivity index (χ0) is 21.9. The fourth-order valence-electron chi connectivity index (χ4n) is 3.91. The summed E-state index contributed by atoms with van der Waals surface area (Å²) < 4.78 is 1.89. The van der Waals surface area contributed by atoms with E-state index in [0.717, 1.165) is 17.8 Å². The summed E-state index contributed by atoms with van der Waals surface area (Å²) in [5, 5.41) is 8.87. The molecular weight excluding hydrogens is 374 g/mol. The van der Waals surface area contributed by atoms with Crippen molar-refractivity contribution in [2.45, 2.75) is 66.3 Å². The molecule has 6 nitrogen and oxygen atoms in total. The van der Waals surface area contributed by atoms with Gasteiger partial charge in [-0.25, -0.2) is 4.98 Å². The van der Waals surface area contributed by atoms with Crippen molar-refractivity contribution < 1.29 is 0 Å². The minimum absolute atomic E-state index is 0.0434. The molecule has 0 fully saturated rings. The molecule has 0 radical (unpaired) electrons. The van der Waals surface area contributed by atoms with Crippen LogP contribution in [0.25, 0.3) is 0 Å². The quantitative estimate of drug-likeness (QED) is 0.650. The standard InChI is InChI=1S/C24H33N5O/c1-23(2,3)19(17-10-8-7-9-11-17)12-18-14-29(28-27-18)15-20(24(4,5)6)21-13-22(30)26-16-25-21/h7-11,13-14,16,19-20H,12,15H2,1-6H3,(H,25,26,30). The van der Waals surface area contributed by atoms with E-state index in [0.29, 0.717) is 12.5 Å². The maximum Gasteiger partial charge on any atom is 0.250 e. The number of rotatable bonds is 6. The molecule has 2 aromatic heterocycles. The average molecular weight is 408 g/mol. The predicted molar refractivity (Wildman–Crippen MR) is 119 cm³/mol. The van der Waals surface area contributed by atoms with Gasteiger partial charge in [0.15, 0.2) is 0 Å². The minimum atomic E-state index is -0.135. The van der Waals surface area contributed by atoms with Crippen LogP contribution >= 0.6 is 0 Å². The number of aromatic amines is 1. The van der Waals surface area contributed by atoms with E-state index in [9.17, 15) is 4.79 Å². The third kappa shape index (κ3) is 5.43. The summed E-state index contributed by atoms with van der Waals surface area (Å²) in [6.45, 7) is 13.9. The number of nitrogens with zero attached hydrogens (tertiary/aromatic N) is 4. The Hall–Kier alpha value is -2.76. The molecule has 2 heterocycles. The van der Waals surface area contributed by atoms with Crippen molar-refractivity contribution in [2.24, 2.45) is 10.8 Å². The van der Waals surface area contributed by atoms with E-state index in [1.807, 2.05) is 10.9 Å². The van der Waals surface area contributed by atoms with Crippen molar-refractivity contribution in [2.75, 3.05) is 0 Å². The van der Waals surface area contributed by atoms with Crippen LogP contribution in [0.5, 0.6) is 0 Å². The van der Waals surface area contributed by atoms with Gasteiger partial charge in [-0.1, -0.05) is 77.1 Å². The molecular formula is C24H33N5O. The zero-order valence-electron chi connectivity index (χ0n) is 18.9. The van der Waals surface area contributed by atoms with Crippen molar-refractivity contribution in [3.63, 3.8) is 0 Å². The van der Waals surface area contributed by atoms with Gasteiger partial charge in [-0.05, 0) is 22.3 Å². The number of benzene rings is 1. The minimum Gasteiger partial charge on any atom is -0.313 e. The molecule has 0 spiro atoms. The number of hydrogen-bond acceptors (Lipinski definition) is 4. The molecule has 6 heteroatoms. The van der Waals surface area contributed by atoms with E-state index in [4.69, 9.17) is 0 Å². The van der Waals surface area contributed by atoms with E-state index in [-0.39, 0.29) is 22.3 Å². The highest BCUT2D eigenvalue weighted by Crippen LogP contribution is 2.38. The molecule has 2 atom stereocenters. The molecule has 0 bridgehead atoms. The molecule has 0 aliphatic heterocycles. The van der Waals surface area contributed by atoms with Gasteiger partial charge in [-0.3, -0.25) is 9.48 Å². The Kier molecular flexibility index (Phi) is 6.25. The summed E-state index contributed by atoms with van der Waals surface area (Å²) in [6, 6.07) is 12.2. The first-order valence-electron chi connectivity index (χ1n) is 10.5. The Morgan fingerprint density at radius 3 is 2.27 bits per heavy atom. The molecule has 2 unspecified atom stereocenters. The first-order valence-corrected chi connectivity index (χ1v) is 10.5. The molecule has 3 aromatic rings. The molecule has 0 saturated heterocycles. The van der Waals surface area contributed by atoms with E-state index >= 15 is 0 Å². The first kappa shape index (κ1) is 21.9. The molecule has 0 saturated carbocycles. The SMILES string of the molecule is CC(C)(C)C(Cc1cn(CC(c2cc(=O)[nH]cn2)C(C)(C)C)nn1)c1ccccc1. The second-order valence-corrected chi connectivity index (χ2v) is 10.2. The predicted octanol–water partition coefficient (Wildman–Crippen LogP) is 4.56. The second-order valence-electron chi connectivity index (χ2n) is 10.2. The van der Waals surface area contributed by atoms with Crippen LogP contribution in [0, 0.1) is 10.8 Å². The second kappa shape index (κ2) is 8.54. The third-order valence-corrected chi connectivity index (χ3v) is 5.72. The summed E-state index contributed by atoms with van der Waals surface area (Å²) in [6.07, 6.45) is 4.33. The monoisotopic (exact) mass is 407 g/mol. The first-order chi connectivity index (χ1) is 14.0. The molecule has 3 rings (SSSR count). The fourth-order valence-corrected chi connectivity index (χ4v) is 3.91. The van der Waals surface area contributed by atoms with Crippen molar-refractivity contribution in [3.05, 3.63) is 76.2 Å². The van der Waals surface area contributed by atoms with Gasteiger partial charge in [0.1, 0.15) is 0 Å². The highest BCUT2D eigenvalue weighted by molar-refractivity contribution is 5.23. The summed E-state index contributed by atoms with van der Waals surface area (Å²) in [5.74, 6) is 0.387. The smallest absolute Gasteiger partial charge is 0.250 e. The van der Waals surface area contributed by atoms with E-state index in [2.05, 4.69) is 92.2 Å². The molecule has 1 aromatic carbocycles. The fraction of sp³-hybridized carbons (Fsp3) is 0.500. The Labute approximate surface area is 178 Å². The van der Waals surface area contributed by atoms with E-state index in [1.165, 1.54) is 11.9 Å². The van der Waals surface area contributed by atoms with Gasteiger partial charge < -0.3 is 4.98 Å². The van der Waals surface area contributed by atoms with Crippen molar-refractivity contribution in [3.8, 4) is 0 Å². The van der Waals surface area contributed by atoms with Crippen molar-refractivity contribution in [1.82, 2.24) is 25.0 Å². The topological polar surface area (TPSA) is 76.5 Å². The van der Waals surface area contributed by atoms with Gasteiger partial charge in [-0.2, -0.15) is 0 Å². The lowest BCUT2D eigenvalue weighted by Gasteiger charge is -2.31. The van der Waals surface area contributed by atoms with Crippen LogP contribution in [0.1, 0.15) is 70.3 Å². The lowest BCUT2D eigenvalue weighted by atomic mass is 9.74. The lowest BCUT2D eigenvalue weighted by Crippen LogP contribution is -2.26. The Morgan fingerprint density at radius 1 is 1.00 bits per heavy atom. The highest BCUT2D eigenvalue weighted by atomic mass is 16.1. The van der Waals surface area contributed by atoms with Crippen molar-refractivity contribution >= 4 is 0 Å². The lowest BCUT2D eigenvalue weighted by molar-refractivity contribution is 0.275. The Bertz CT molecular complexity index is 1010. The van der Waals surface area contributed by atoms with Gasteiger partial charge in [-0.15, -0.1) is 5.10 Å². The van der Waals surface area contributed by atoms with Crippen LogP contribution in [0.2, 0.25) is 0 Å². The van der Waals surface area contributed by atoms with Crippen molar-refractivity contribution in [1.29, 1.82) is 0 Å². The highest BCUT2D eigenvalue weighted by Gasteiger charge is 2.30. The maximum atomic E-state index is 11.8. The summed E-state index contributed by atoms with van der Waals surface area (Å²) in [4.78, 5) is 18.8. The zero-order valence-corrected chi connectivity index (χ0v) is 18.9. The van der Waals surface area contributed by atoms with Gasteiger partial charge in [0.2, 0.25) is 0 Å².